The molecule has 4 atom stereocenters. The maximum absolute atomic E-state index is 15.2. The first kappa shape index (κ1) is 30.5. The van der Waals surface area contributed by atoms with E-state index in [1.807, 2.05) is 12.1 Å². The third kappa shape index (κ3) is 6.67. The molecule has 3 aromatic rings. The van der Waals surface area contributed by atoms with Gasteiger partial charge in [0.25, 0.3) is 0 Å². The first-order valence-electron chi connectivity index (χ1n) is 16.3. The quantitative estimate of drug-likeness (QED) is 0.359. The van der Waals surface area contributed by atoms with Crippen LogP contribution < -0.4 is 20.3 Å². The zero-order chi connectivity index (χ0) is 31.5. The van der Waals surface area contributed by atoms with Crippen LogP contribution in [0.25, 0.3) is 11.4 Å². The van der Waals surface area contributed by atoms with Gasteiger partial charge in [0.05, 0.1) is 30.9 Å². The fourth-order valence-corrected chi connectivity index (χ4v) is 6.87. The first-order chi connectivity index (χ1) is 22.5. The minimum atomic E-state index is -1.28. The standard InChI is InChI=1S/C34H39FN8O3/c35-28-17-22(32(44)29-2-1-11-37-29)3-10-31(28)46-30-9-4-23(16-24(30)18-36)33-38-21-39-34(41-33)40-25-5-7-26(8-6-25)42-12-14-43(15-13-42)27-19-45-20-27/h4-9,16,21-22,27-29,31,37H,1-3,10-15,17,19-20H2,(H,38,39,40,41)/t22?,28-,29-,31+/m1/s1. The lowest BCUT2D eigenvalue weighted by Crippen LogP contribution is -2.56. The number of rotatable bonds is 9. The van der Waals surface area contributed by atoms with Crippen molar-refractivity contribution < 1.29 is 18.7 Å². The third-order valence-corrected chi connectivity index (χ3v) is 9.67. The molecule has 7 rings (SSSR count). The predicted octanol–water partition coefficient (Wildman–Crippen LogP) is 3.88. The minimum Gasteiger partial charge on any atom is -0.486 e. The van der Waals surface area contributed by atoms with E-state index in [0.717, 1.165) is 64.5 Å². The molecule has 1 aromatic heterocycles. The zero-order valence-electron chi connectivity index (χ0n) is 25.8. The zero-order valence-corrected chi connectivity index (χ0v) is 25.8. The number of ether oxygens (including phenoxy) is 2. The summed E-state index contributed by atoms with van der Waals surface area (Å²) in [5.41, 5.74) is 2.92. The van der Waals surface area contributed by atoms with Crippen molar-refractivity contribution in [1.29, 1.82) is 5.26 Å². The first-order valence-corrected chi connectivity index (χ1v) is 16.3. The number of nitrogens with zero attached hydrogens (tertiary/aromatic N) is 6. The maximum atomic E-state index is 15.2. The molecule has 11 nitrogen and oxygen atoms in total. The van der Waals surface area contributed by atoms with Crippen LogP contribution in [0.15, 0.2) is 48.8 Å². The molecule has 2 N–H and O–H groups in total. The Morgan fingerprint density at radius 3 is 2.59 bits per heavy atom. The van der Waals surface area contributed by atoms with Crippen LogP contribution in [0, 0.1) is 17.2 Å². The van der Waals surface area contributed by atoms with Crippen molar-refractivity contribution >= 4 is 23.1 Å². The van der Waals surface area contributed by atoms with Gasteiger partial charge in [-0.1, -0.05) is 0 Å². The van der Waals surface area contributed by atoms with Gasteiger partial charge in [-0.25, -0.2) is 14.4 Å². The van der Waals surface area contributed by atoms with Gasteiger partial charge < -0.3 is 25.0 Å². The molecule has 1 aliphatic carbocycles. The summed E-state index contributed by atoms with van der Waals surface area (Å²) in [7, 11) is 0. The lowest BCUT2D eigenvalue weighted by Gasteiger charge is -2.43. The minimum absolute atomic E-state index is 0.119. The topological polar surface area (TPSA) is 129 Å². The van der Waals surface area contributed by atoms with Crippen molar-refractivity contribution in [3.8, 4) is 23.2 Å². The van der Waals surface area contributed by atoms with Crippen molar-refractivity contribution in [2.75, 3.05) is 56.2 Å². The second-order valence-electron chi connectivity index (χ2n) is 12.6. The molecule has 1 unspecified atom stereocenters. The van der Waals surface area contributed by atoms with E-state index in [4.69, 9.17) is 9.47 Å². The van der Waals surface area contributed by atoms with E-state index in [1.165, 1.54) is 12.0 Å². The molecular formula is C34H39FN8O3. The number of nitriles is 1. The molecule has 0 radical (unpaired) electrons. The number of carbonyl (C=O) groups excluding carboxylic acids is 1. The van der Waals surface area contributed by atoms with Crippen molar-refractivity contribution in [2.24, 2.45) is 5.92 Å². The molecule has 4 aliphatic rings. The smallest absolute Gasteiger partial charge is 0.230 e. The number of hydrogen-bond acceptors (Lipinski definition) is 11. The van der Waals surface area contributed by atoms with Crippen LogP contribution in [0.1, 0.15) is 37.7 Å². The van der Waals surface area contributed by atoms with Crippen LogP contribution in [-0.4, -0.2) is 95.9 Å². The van der Waals surface area contributed by atoms with Crippen LogP contribution in [-0.2, 0) is 9.53 Å². The number of nitrogens with one attached hydrogen (secondary N) is 2. The highest BCUT2D eigenvalue weighted by Crippen LogP contribution is 2.34. The second kappa shape index (κ2) is 13.7. The largest absolute Gasteiger partial charge is 0.486 e. The van der Waals surface area contributed by atoms with Crippen molar-refractivity contribution in [3.63, 3.8) is 0 Å². The Hall–Kier alpha value is -4.18. The predicted molar refractivity (Wildman–Crippen MR) is 171 cm³/mol. The average molecular weight is 627 g/mol. The van der Waals surface area contributed by atoms with Crippen LogP contribution in [0.2, 0.25) is 0 Å². The summed E-state index contributed by atoms with van der Waals surface area (Å²) in [6, 6.07) is 15.9. The summed E-state index contributed by atoms with van der Waals surface area (Å²) in [6.45, 7) is 6.60. The van der Waals surface area contributed by atoms with Gasteiger partial charge in [-0.3, -0.25) is 9.69 Å². The maximum Gasteiger partial charge on any atom is 0.230 e. The normalized spacial score (nSPS) is 25.4. The van der Waals surface area contributed by atoms with E-state index in [-0.39, 0.29) is 29.7 Å². The fraction of sp³-hybridized carbons (Fsp3) is 0.500. The van der Waals surface area contributed by atoms with Gasteiger partial charge in [0.2, 0.25) is 5.95 Å². The monoisotopic (exact) mass is 626 g/mol. The Balaban J connectivity index is 0.960. The number of benzene rings is 2. The van der Waals surface area contributed by atoms with Gasteiger partial charge in [0.15, 0.2) is 11.6 Å². The molecule has 2 aromatic carbocycles. The number of hydrogen-bond donors (Lipinski definition) is 2. The van der Waals surface area contributed by atoms with Gasteiger partial charge >= 0.3 is 0 Å². The van der Waals surface area contributed by atoms with E-state index in [2.05, 4.69) is 53.6 Å². The molecule has 12 heteroatoms. The molecule has 0 bridgehead atoms. The number of anilines is 3. The summed E-state index contributed by atoms with van der Waals surface area (Å²) >= 11 is 0. The van der Waals surface area contributed by atoms with Crippen LogP contribution >= 0.6 is 0 Å². The lowest BCUT2D eigenvalue weighted by molar-refractivity contribution is -0.127. The highest BCUT2D eigenvalue weighted by Gasteiger charge is 2.38. The van der Waals surface area contributed by atoms with Gasteiger partial charge in [0.1, 0.15) is 30.4 Å². The molecule has 0 amide bonds. The van der Waals surface area contributed by atoms with Crippen molar-refractivity contribution in [3.05, 3.63) is 54.4 Å². The Morgan fingerprint density at radius 2 is 1.89 bits per heavy atom. The summed E-state index contributed by atoms with van der Waals surface area (Å²) in [4.78, 5) is 30.9. The average Bonchev–Trinajstić information content (AvgIpc) is 3.61. The fourth-order valence-electron chi connectivity index (χ4n) is 6.87. The molecule has 0 spiro atoms. The SMILES string of the molecule is N#Cc1cc(-c2ncnc(Nc3ccc(N4CCN(C5COC5)CC4)cc3)n2)ccc1O[C@H]1CCC(C(=O)[C@H]2CCCN2)C[C@H]1F. The number of alkyl halides is 1. The van der Waals surface area contributed by atoms with Crippen LogP contribution in [0.5, 0.6) is 5.75 Å². The van der Waals surface area contributed by atoms with Gasteiger partial charge in [0, 0.05) is 49.0 Å². The van der Waals surface area contributed by atoms with E-state index in [9.17, 15) is 10.1 Å². The molecule has 3 saturated heterocycles. The summed E-state index contributed by atoms with van der Waals surface area (Å²) < 4.78 is 26.5. The number of Topliss-reactive ketones (excluding diaryl/α,β-unsaturated/α-hetero) is 1. The Morgan fingerprint density at radius 1 is 1.07 bits per heavy atom. The summed E-state index contributed by atoms with van der Waals surface area (Å²) in [5.74, 6) is 0.920. The molecule has 1 saturated carbocycles. The number of piperazine rings is 1. The molecule has 4 heterocycles. The summed E-state index contributed by atoms with van der Waals surface area (Å²) in [6.07, 6.45) is 2.41. The number of halogens is 1. The van der Waals surface area contributed by atoms with E-state index in [1.54, 1.807) is 18.2 Å². The van der Waals surface area contributed by atoms with Crippen LogP contribution in [0.3, 0.4) is 0 Å². The third-order valence-electron chi connectivity index (χ3n) is 9.67. The van der Waals surface area contributed by atoms with Gasteiger partial charge in [-0.05, 0) is 81.1 Å². The molecule has 4 fully saturated rings. The van der Waals surface area contributed by atoms with Crippen molar-refractivity contribution in [1.82, 2.24) is 25.2 Å². The summed E-state index contributed by atoms with van der Waals surface area (Å²) in [5, 5.41) is 16.4. The van der Waals surface area contributed by atoms with E-state index >= 15 is 4.39 Å². The molecule has 46 heavy (non-hydrogen) atoms. The van der Waals surface area contributed by atoms with Gasteiger partial charge in [-0.2, -0.15) is 10.2 Å². The highest BCUT2D eigenvalue weighted by atomic mass is 19.1. The highest BCUT2D eigenvalue weighted by molar-refractivity contribution is 5.86. The molecule has 240 valence electrons. The number of aromatic nitrogens is 3. The van der Waals surface area contributed by atoms with E-state index < -0.39 is 12.3 Å². The lowest BCUT2D eigenvalue weighted by atomic mass is 9.81. The second-order valence-corrected chi connectivity index (χ2v) is 12.6. The molecular weight excluding hydrogens is 587 g/mol. The Kier molecular flexibility index (Phi) is 9.05. The van der Waals surface area contributed by atoms with Gasteiger partial charge in [-0.15, -0.1) is 0 Å². The van der Waals surface area contributed by atoms with Crippen LogP contribution in [0.4, 0.5) is 21.7 Å². The number of ketones is 1. The Labute approximate surface area is 268 Å². The van der Waals surface area contributed by atoms with Crippen molar-refractivity contribution in [2.45, 2.75) is 56.5 Å². The van der Waals surface area contributed by atoms with E-state index in [0.29, 0.717) is 42.0 Å². The number of carbonyl (C=O) groups is 1. The molecule has 3 aliphatic heterocycles. The Bertz CT molecular complexity index is 1570.